The van der Waals surface area contributed by atoms with Crippen molar-refractivity contribution in [3.05, 3.63) is 0 Å². The maximum absolute atomic E-state index is 11.6. The van der Waals surface area contributed by atoms with E-state index in [1.54, 1.807) is 34.6 Å². The third kappa shape index (κ3) is 6.44. The molecule has 1 unspecified atom stereocenters. The largest absolute Gasteiger partial charge is 0.457 e. The average molecular weight is 281 g/mol. The van der Waals surface area contributed by atoms with Crippen LogP contribution < -0.4 is 0 Å². The molecule has 0 bridgehead atoms. The van der Waals surface area contributed by atoms with Crippen LogP contribution in [0.4, 0.5) is 4.79 Å². The molecule has 0 aliphatic rings. The smallest absolute Gasteiger partial charge is 0.407 e. The van der Waals surface area contributed by atoms with Crippen LogP contribution >= 0.6 is 11.6 Å². The van der Waals surface area contributed by atoms with Gasteiger partial charge in [-0.2, -0.15) is 0 Å². The number of carbonyl (C=O) groups excluding carboxylic acids is 3. The van der Waals surface area contributed by atoms with E-state index >= 15 is 0 Å². The van der Waals surface area contributed by atoms with E-state index in [0.29, 0.717) is 0 Å². The van der Waals surface area contributed by atoms with Crippen LogP contribution in [-0.4, -0.2) is 29.8 Å². The van der Waals surface area contributed by atoms with Crippen LogP contribution in [0.3, 0.4) is 0 Å². The minimum atomic E-state index is -1.79. The molecular formula is C11H17ClO6. The van der Waals surface area contributed by atoms with Crippen LogP contribution in [0.2, 0.25) is 0 Å². The van der Waals surface area contributed by atoms with Gasteiger partial charge in [0.2, 0.25) is 0 Å². The van der Waals surface area contributed by atoms with E-state index < -0.39 is 35.2 Å². The predicted molar refractivity (Wildman–Crippen MR) is 62.9 cm³/mol. The molecule has 0 N–H and O–H groups in total. The molecule has 7 heteroatoms. The molecule has 0 heterocycles. The molecule has 0 aliphatic heterocycles. The first-order valence-corrected chi connectivity index (χ1v) is 5.69. The molecule has 1 atom stereocenters. The summed E-state index contributed by atoms with van der Waals surface area (Å²) in [5.41, 5.74) is -2.11. The standard InChI is InChI=1S/C11H17ClO6/c1-6(2)16-7(13)8(18-10(12)15)17-9(14)11(3,4)5/h6,8H,1-5H3. The van der Waals surface area contributed by atoms with Crippen molar-refractivity contribution < 1.29 is 28.6 Å². The van der Waals surface area contributed by atoms with Gasteiger partial charge in [0.05, 0.1) is 11.5 Å². The molecule has 0 rings (SSSR count). The number of ether oxygens (including phenoxy) is 3. The molecule has 0 saturated carbocycles. The summed E-state index contributed by atoms with van der Waals surface area (Å²) in [5.74, 6) is -1.71. The summed E-state index contributed by atoms with van der Waals surface area (Å²) in [6.07, 6.45) is -2.23. The molecule has 0 radical (unpaired) electrons. The molecule has 0 amide bonds. The quantitative estimate of drug-likeness (QED) is 0.446. The van der Waals surface area contributed by atoms with Gasteiger partial charge >= 0.3 is 23.7 Å². The Kier molecular flexibility index (Phi) is 6.11. The predicted octanol–water partition coefficient (Wildman–Crippen LogP) is 2.23. The van der Waals surface area contributed by atoms with Gasteiger partial charge in [-0.1, -0.05) is 0 Å². The second kappa shape index (κ2) is 6.58. The van der Waals surface area contributed by atoms with Crippen molar-refractivity contribution in [2.24, 2.45) is 5.41 Å². The van der Waals surface area contributed by atoms with Crippen molar-refractivity contribution in [1.82, 2.24) is 0 Å². The first kappa shape index (κ1) is 16.7. The van der Waals surface area contributed by atoms with E-state index in [0.717, 1.165) is 0 Å². The molecule has 0 aromatic heterocycles. The van der Waals surface area contributed by atoms with Crippen LogP contribution in [0, 0.1) is 5.41 Å². The lowest BCUT2D eigenvalue weighted by Crippen LogP contribution is -2.37. The zero-order valence-corrected chi connectivity index (χ0v) is 11.7. The highest BCUT2D eigenvalue weighted by atomic mass is 35.5. The summed E-state index contributed by atoms with van der Waals surface area (Å²) in [6, 6.07) is 0. The van der Waals surface area contributed by atoms with Crippen molar-refractivity contribution in [2.75, 3.05) is 0 Å². The Bertz CT molecular complexity index is 331. The minimum absolute atomic E-state index is 0.442. The van der Waals surface area contributed by atoms with E-state index in [4.69, 9.17) is 21.1 Å². The first-order chi connectivity index (χ1) is 8.04. The second-order valence-electron chi connectivity index (χ2n) is 4.83. The number of rotatable bonds is 4. The lowest BCUT2D eigenvalue weighted by Gasteiger charge is -2.21. The molecule has 0 saturated heterocycles. The average Bonchev–Trinajstić information content (AvgIpc) is 2.12. The van der Waals surface area contributed by atoms with Gasteiger partial charge in [0.25, 0.3) is 0 Å². The molecule has 0 spiro atoms. The van der Waals surface area contributed by atoms with Crippen molar-refractivity contribution in [1.29, 1.82) is 0 Å². The van der Waals surface area contributed by atoms with E-state index in [-0.39, 0.29) is 0 Å². The number of hydrogen-bond donors (Lipinski definition) is 0. The van der Waals surface area contributed by atoms with Crippen molar-refractivity contribution in [3.63, 3.8) is 0 Å². The Balaban J connectivity index is 4.74. The highest BCUT2D eigenvalue weighted by molar-refractivity contribution is 6.61. The minimum Gasteiger partial charge on any atom is -0.457 e. The zero-order chi connectivity index (χ0) is 14.5. The first-order valence-electron chi connectivity index (χ1n) is 5.31. The molecule has 18 heavy (non-hydrogen) atoms. The van der Waals surface area contributed by atoms with Crippen LogP contribution in [-0.2, 0) is 23.8 Å². The van der Waals surface area contributed by atoms with Crippen LogP contribution in [0.5, 0.6) is 0 Å². The van der Waals surface area contributed by atoms with Crippen molar-refractivity contribution in [2.45, 2.75) is 47.0 Å². The zero-order valence-electron chi connectivity index (χ0n) is 11.0. The fourth-order valence-electron chi connectivity index (χ4n) is 0.766. The number of esters is 2. The second-order valence-corrected chi connectivity index (χ2v) is 5.14. The normalized spacial score (nSPS) is 12.8. The van der Waals surface area contributed by atoms with Crippen LogP contribution in [0.1, 0.15) is 34.6 Å². The van der Waals surface area contributed by atoms with Crippen molar-refractivity contribution >= 4 is 29.0 Å². The SMILES string of the molecule is CC(C)OC(=O)C(OC(=O)Cl)OC(=O)C(C)(C)C. The molecule has 0 aliphatic carbocycles. The van der Waals surface area contributed by atoms with Gasteiger partial charge in [-0.3, -0.25) is 4.79 Å². The molecule has 0 aromatic carbocycles. The fraction of sp³-hybridized carbons (Fsp3) is 0.727. The monoisotopic (exact) mass is 280 g/mol. The topological polar surface area (TPSA) is 78.9 Å². The third-order valence-electron chi connectivity index (χ3n) is 1.57. The van der Waals surface area contributed by atoms with E-state index in [1.807, 2.05) is 0 Å². The molecule has 6 nitrogen and oxygen atoms in total. The summed E-state index contributed by atoms with van der Waals surface area (Å²) in [5, 5.41) is 0. The molecule has 0 fully saturated rings. The Morgan fingerprint density at radius 1 is 1.00 bits per heavy atom. The summed E-state index contributed by atoms with van der Waals surface area (Å²) < 4.78 is 13.9. The molecular weight excluding hydrogens is 264 g/mol. The maximum Gasteiger partial charge on any atom is 0.407 e. The lowest BCUT2D eigenvalue weighted by molar-refractivity contribution is -0.197. The van der Waals surface area contributed by atoms with E-state index in [9.17, 15) is 14.4 Å². The lowest BCUT2D eigenvalue weighted by atomic mass is 9.97. The number of hydrogen-bond acceptors (Lipinski definition) is 6. The third-order valence-corrected chi connectivity index (χ3v) is 1.66. The van der Waals surface area contributed by atoms with Gasteiger partial charge in [0, 0.05) is 11.6 Å². The Labute approximate surface area is 111 Å². The van der Waals surface area contributed by atoms with Gasteiger partial charge < -0.3 is 14.2 Å². The Morgan fingerprint density at radius 3 is 1.83 bits per heavy atom. The van der Waals surface area contributed by atoms with Gasteiger partial charge in [-0.05, 0) is 34.6 Å². The molecule has 0 aromatic rings. The Morgan fingerprint density at radius 2 is 1.50 bits per heavy atom. The summed E-state index contributed by atoms with van der Waals surface area (Å²) in [6.45, 7) is 7.96. The van der Waals surface area contributed by atoms with Crippen molar-refractivity contribution in [3.8, 4) is 0 Å². The van der Waals surface area contributed by atoms with Gasteiger partial charge in [-0.25, -0.2) is 9.59 Å². The van der Waals surface area contributed by atoms with Gasteiger partial charge in [0.1, 0.15) is 0 Å². The van der Waals surface area contributed by atoms with Gasteiger partial charge in [-0.15, -0.1) is 0 Å². The van der Waals surface area contributed by atoms with Crippen LogP contribution in [0.25, 0.3) is 0 Å². The maximum atomic E-state index is 11.6. The summed E-state index contributed by atoms with van der Waals surface area (Å²) in [7, 11) is 0. The fourth-order valence-corrected chi connectivity index (χ4v) is 0.847. The number of halogens is 1. The van der Waals surface area contributed by atoms with Gasteiger partial charge in [0.15, 0.2) is 0 Å². The molecule has 104 valence electrons. The summed E-state index contributed by atoms with van der Waals surface area (Å²) in [4.78, 5) is 33.7. The number of carbonyl (C=O) groups is 3. The van der Waals surface area contributed by atoms with Crippen LogP contribution in [0.15, 0.2) is 0 Å². The van der Waals surface area contributed by atoms with E-state index in [1.165, 1.54) is 0 Å². The Hall–Kier alpha value is -1.30. The summed E-state index contributed by atoms with van der Waals surface area (Å²) >= 11 is 4.99. The highest BCUT2D eigenvalue weighted by Gasteiger charge is 2.33. The highest BCUT2D eigenvalue weighted by Crippen LogP contribution is 2.17. The van der Waals surface area contributed by atoms with E-state index in [2.05, 4.69) is 4.74 Å².